The predicted molar refractivity (Wildman–Crippen MR) is 118 cm³/mol. The Morgan fingerprint density at radius 3 is 2.47 bits per heavy atom. The minimum absolute atomic E-state index is 0.0637. The second kappa shape index (κ2) is 9.71. The molecule has 0 saturated carbocycles. The van der Waals surface area contributed by atoms with Gasteiger partial charge in [0.2, 0.25) is 5.91 Å². The molecule has 2 aliphatic heterocycles. The highest BCUT2D eigenvalue weighted by Gasteiger charge is 2.36. The second-order valence-electron chi connectivity index (χ2n) is 8.86. The van der Waals surface area contributed by atoms with Crippen molar-refractivity contribution in [2.24, 2.45) is 13.0 Å². The van der Waals surface area contributed by atoms with Crippen molar-refractivity contribution in [1.82, 2.24) is 19.6 Å². The van der Waals surface area contributed by atoms with Gasteiger partial charge in [0.1, 0.15) is 17.7 Å². The molecule has 1 aromatic heterocycles. The highest BCUT2D eigenvalue weighted by atomic mass is 19.1. The normalized spacial score (nSPS) is 21.5. The molecule has 2 aliphatic rings. The molecule has 0 bridgehead atoms. The molecule has 0 aliphatic carbocycles. The molecule has 4 rings (SSSR count). The first-order valence-electron chi connectivity index (χ1n) is 11.4. The Balaban J connectivity index is 1.49. The van der Waals surface area contributed by atoms with E-state index < -0.39 is 0 Å². The summed E-state index contributed by atoms with van der Waals surface area (Å²) in [4.78, 5) is 29.9. The zero-order chi connectivity index (χ0) is 22.7. The van der Waals surface area contributed by atoms with E-state index >= 15 is 0 Å². The van der Waals surface area contributed by atoms with Crippen molar-refractivity contribution in [3.63, 3.8) is 0 Å². The zero-order valence-electron chi connectivity index (χ0n) is 18.8. The Kier molecular flexibility index (Phi) is 6.77. The molecule has 0 N–H and O–H groups in total. The fraction of sp³-hybridized carbons (Fsp3) is 0.542. The number of hydrogen-bond donors (Lipinski definition) is 0. The minimum atomic E-state index is -0.318. The van der Waals surface area contributed by atoms with Crippen molar-refractivity contribution in [1.29, 1.82) is 0 Å². The number of hydrogen-bond acceptors (Lipinski definition) is 4. The van der Waals surface area contributed by atoms with E-state index in [-0.39, 0.29) is 29.7 Å². The largest absolute Gasteiger partial charge is 0.490 e. The van der Waals surface area contributed by atoms with Crippen molar-refractivity contribution < 1.29 is 18.7 Å². The summed E-state index contributed by atoms with van der Waals surface area (Å²) < 4.78 is 21.1. The molecule has 7 nitrogen and oxygen atoms in total. The van der Waals surface area contributed by atoms with E-state index in [1.807, 2.05) is 16.7 Å². The maximum atomic E-state index is 13.3. The molecular weight excluding hydrogens is 411 g/mol. The minimum Gasteiger partial charge on any atom is -0.490 e. The summed E-state index contributed by atoms with van der Waals surface area (Å²) in [6.45, 7) is 4.40. The van der Waals surface area contributed by atoms with Crippen LogP contribution in [0.5, 0.6) is 5.75 Å². The summed E-state index contributed by atoms with van der Waals surface area (Å²) in [6.07, 6.45) is 5.71. The van der Waals surface area contributed by atoms with Gasteiger partial charge in [-0.05, 0) is 50.5 Å². The quantitative estimate of drug-likeness (QED) is 0.713. The molecule has 0 unspecified atom stereocenters. The van der Waals surface area contributed by atoms with E-state index in [9.17, 15) is 14.0 Å². The number of rotatable bonds is 5. The third-order valence-corrected chi connectivity index (χ3v) is 6.44. The van der Waals surface area contributed by atoms with Crippen LogP contribution in [0, 0.1) is 18.7 Å². The van der Waals surface area contributed by atoms with Crippen molar-refractivity contribution in [3.05, 3.63) is 47.5 Å². The number of carbonyl (C=O) groups excluding carboxylic acids is 2. The first-order valence-corrected chi connectivity index (χ1v) is 11.4. The van der Waals surface area contributed by atoms with Crippen LogP contribution in [-0.4, -0.2) is 63.7 Å². The average Bonchev–Trinajstić information content (AvgIpc) is 3.14. The monoisotopic (exact) mass is 442 g/mol. The third-order valence-electron chi connectivity index (χ3n) is 6.44. The number of piperidine rings is 2. The summed E-state index contributed by atoms with van der Waals surface area (Å²) in [7, 11) is 1.80. The van der Waals surface area contributed by atoms with Gasteiger partial charge in [-0.1, -0.05) is 0 Å². The number of nitrogens with zero attached hydrogens (tertiary/aromatic N) is 4. The lowest BCUT2D eigenvalue weighted by atomic mass is 9.90. The SMILES string of the molecule is Cc1nn(C)cc1C(=O)N1CC[C@H](Oc2ccc(F)cc2)[C@@H](CC(=O)N2CCCCC2)C1. The second-order valence-corrected chi connectivity index (χ2v) is 8.86. The summed E-state index contributed by atoms with van der Waals surface area (Å²) in [6, 6.07) is 5.95. The van der Waals surface area contributed by atoms with Gasteiger partial charge >= 0.3 is 0 Å². The first-order chi connectivity index (χ1) is 15.4. The van der Waals surface area contributed by atoms with Crippen molar-refractivity contribution >= 4 is 11.8 Å². The Morgan fingerprint density at radius 2 is 1.81 bits per heavy atom. The molecule has 0 spiro atoms. The number of amides is 2. The van der Waals surface area contributed by atoms with Gasteiger partial charge in [-0.2, -0.15) is 5.10 Å². The van der Waals surface area contributed by atoms with Crippen molar-refractivity contribution in [2.75, 3.05) is 26.2 Å². The van der Waals surface area contributed by atoms with E-state index in [2.05, 4.69) is 5.10 Å². The number of ether oxygens (including phenoxy) is 1. The maximum absolute atomic E-state index is 13.3. The predicted octanol–water partition coefficient (Wildman–Crippen LogP) is 3.18. The number of likely N-dealkylation sites (tertiary alicyclic amines) is 2. The first kappa shape index (κ1) is 22.3. The highest BCUT2D eigenvalue weighted by Crippen LogP contribution is 2.28. The summed E-state index contributed by atoms with van der Waals surface area (Å²) in [5, 5.41) is 4.29. The maximum Gasteiger partial charge on any atom is 0.257 e. The Morgan fingerprint density at radius 1 is 1.09 bits per heavy atom. The molecule has 2 amide bonds. The van der Waals surface area contributed by atoms with Crippen LogP contribution in [0.1, 0.15) is 48.2 Å². The van der Waals surface area contributed by atoms with E-state index in [0.717, 1.165) is 32.4 Å². The third kappa shape index (κ3) is 5.11. The van der Waals surface area contributed by atoms with Crippen LogP contribution in [0.25, 0.3) is 0 Å². The summed E-state index contributed by atoms with van der Waals surface area (Å²) in [5.74, 6) is 0.181. The fourth-order valence-electron chi connectivity index (χ4n) is 4.71. The lowest BCUT2D eigenvalue weighted by Crippen LogP contribution is -2.50. The van der Waals surface area contributed by atoms with Gasteiger partial charge in [0.25, 0.3) is 5.91 Å². The lowest BCUT2D eigenvalue weighted by Gasteiger charge is -2.39. The van der Waals surface area contributed by atoms with Crippen LogP contribution in [0.3, 0.4) is 0 Å². The lowest BCUT2D eigenvalue weighted by molar-refractivity contribution is -0.134. The van der Waals surface area contributed by atoms with Crippen molar-refractivity contribution in [3.8, 4) is 5.75 Å². The van der Waals surface area contributed by atoms with Gasteiger partial charge in [-0.3, -0.25) is 14.3 Å². The topological polar surface area (TPSA) is 67.7 Å². The van der Waals surface area contributed by atoms with Crippen LogP contribution >= 0.6 is 0 Å². The number of benzene rings is 1. The van der Waals surface area contributed by atoms with Gasteiger partial charge < -0.3 is 14.5 Å². The van der Waals surface area contributed by atoms with Crippen LogP contribution in [0.2, 0.25) is 0 Å². The number of aryl methyl sites for hydroxylation is 2. The molecule has 8 heteroatoms. The standard InChI is InChI=1S/C24H31FN4O3/c1-17-21(16-27(2)26-17)24(31)29-13-10-22(32-20-8-6-19(25)7-9-20)18(15-29)14-23(30)28-11-4-3-5-12-28/h6-9,16,18,22H,3-5,10-15H2,1-2H3/t18-,22-/m0/s1. The van der Waals surface area contributed by atoms with Gasteiger partial charge in [0.05, 0.1) is 11.3 Å². The van der Waals surface area contributed by atoms with Gasteiger partial charge in [-0.25, -0.2) is 4.39 Å². The Bertz CT molecular complexity index is 953. The molecular formula is C24H31FN4O3. The Hall–Kier alpha value is -2.90. The van der Waals surface area contributed by atoms with Gasteiger partial charge in [0, 0.05) is 58.2 Å². The van der Waals surface area contributed by atoms with E-state index in [4.69, 9.17) is 4.74 Å². The van der Waals surface area contributed by atoms with Gasteiger partial charge in [0.15, 0.2) is 0 Å². The number of carbonyl (C=O) groups is 2. The summed E-state index contributed by atoms with van der Waals surface area (Å²) in [5.41, 5.74) is 1.29. The van der Waals surface area contributed by atoms with E-state index in [1.165, 1.54) is 12.1 Å². The molecule has 1 aromatic carbocycles. The van der Waals surface area contributed by atoms with Crippen LogP contribution < -0.4 is 4.74 Å². The van der Waals surface area contributed by atoms with Crippen LogP contribution in [0.15, 0.2) is 30.5 Å². The van der Waals surface area contributed by atoms with Crippen molar-refractivity contribution in [2.45, 2.75) is 45.1 Å². The van der Waals surface area contributed by atoms with E-state index in [1.54, 1.807) is 30.1 Å². The molecule has 2 aromatic rings. The smallest absolute Gasteiger partial charge is 0.257 e. The van der Waals surface area contributed by atoms with Gasteiger partial charge in [-0.15, -0.1) is 0 Å². The van der Waals surface area contributed by atoms with Crippen LogP contribution in [-0.2, 0) is 11.8 Å². The molecule has 172 valence electrons. The molecule has 2 saturated heterocycles. The van der Waals surface area contributed by atoms with Crippen LogP contribution in [0.4, 0.5) is 4.39 Å². The number of aromatic nitrogens is 2. The molecule has 2 fully saturated rings. The fourth-order valence-corrected chi connectivity index (χ4v) is 4.71. The highest BCUT2D eigenvalue weighted by molar-refractivity contribution is 5.95. The molecule has 2 atom stereocenters. The molecule has 0 radical (unpaired) electrons. The number of halogens is 1. The molecule has 3 heterocycles. The average molecular weight is 443 g/mol. The Labute approximate surface area is 188 Å². The molecule has 32 heavy (non-hydrogen) atoms. The zero-order valence-corrected chi connectivity index (χ0v) is 18.8. The summed E-state index contributed by atoms with van der Waals surface area (Å²) >= 11 is 0. The van der Waals surface area contributed by atoms with E-state index in [0.29, 0.717) is 42.9 Å².